The fraction of sp³-hybridized carbons (Fsp3) is 0.318. The molecule has 1 unspecified atom stereocenters. The number of amides is 1. The van der Waals surface area contributed by atoms with E-state index in [0.29, 0.717) is 11.5 Å². The lowest BCUT2D eigenvalue weighted by atomic mass is 9.92. The summed E-state index contributed by atoms with van der Waals surface area (Å²) in [5.41, 5.74) is 3.31. The van der Waals surface area contributed by atoms with Crippen LogP contribution in [0.5, 0.6) is 0 Å². The first-order valence-electron chi connectivity index (χ1n) is 8.99. The molecule has 0 aliphatic heterocycles. The standard InChI is InChI=1S/C22H24N2O/c1-22(2)13-11-18(15-22)23-21(25)17-7-9-19(10-8-17)24-14-12-16-5-3-4-6-20(16)24/h3-10,12,14,18H,11,13,15H2,1-2H3,(H,23,25). The van der Waals surface area contributed by atoms with E-state index in [1.807, 2.05) is 36.4 Å². The second kappa shape index (κ2) is 6.07. The van der Waals surface area contributed by atoms with Gasteiger partial charge in [0.05, 0.1) is 5.52 Å². The third kappa shape index (κ3) is 3.19. The minimum Gasteiger partial charge on any atom is -0.349 e. The van der Waals surface area contributed by atoms with Crippen molar-refractivity contribution in [2.24, 2.45) is 5.41 Å². The zero-order chi connectivity index (χ0) is 17.4. The lowest BCUT2D eigenvalue weighted by Crippen LogP contribution is -2.33. The number of benzene rings is 2. The molecule has 1 saturated carbocycles. The van der Waals surface area contributed by atoms with E-state index in [9.17, 15) is 4.79 Å². The first-order valence-corrected chi connectivity index (χ1v) is 8.99. The Morgan fingerprint density at radius 1 is 1.08 bits per heavy atom. The maximum absolute atomic E-state index is 12.5. The predicted octanol–water partition coefficient (Wildman–Crippen LogP) is 4.94. The summed E-state index contributed by atoms with van der Waals surface area (Å²) in [4.78, 5) is 12.5. The third-order valence-electron chi connectivity index (χ3n) is 5.31. The van der Waals surface area contributed by atoms with Gasteiger partial charge in [-0.1, -0.05) is 32.0 Å². The van der Waals surface area contributed by atoms with E-state index < -0.39 is 0 Å². The Hall–Kier alpha value is -2.55. The van der Waals surface area contributed by atoms with Crippen LogP contribution in [0.25, 0.3) is 16.6 Å². The summed E-state index contributed by atoms with van der Waals surface area (Å²) >= 11 is 0. The van der Waals surface area contributed by atoms with Crippen molar-refractivity contribution < 1.29 is 4.79 Å². The minimum absolute atomic E-state index is 0.0339. The molecule has 128 valence electrons. The van der Waals surface area contributed by atoms with Gasteiger partial charge in [-0.15, -0.1) is 0 Å². The molecule has 0 saturated heterocycles. The van der Waals surface area contributed by atoms with Gasteiger partial charge in [-0.05, 0) is 66.5 Å². The smallest absolute Gasteiger partial charge is 0.251 e. The summed E-state index contributed by atoms with van der Waals surface area (Å²) in [5, 5.41) is 4.40. The number of nitrogens with zero attached hydrogens (tertiary/aromatic N) is 1. The first-order chi connectivity index (χ1) is 12.0. The number of hydrogen-bond acceptors (Lipinski definition) is 1. The van der Waals surface area contributed by atoms with E-state index in [1.165, 1.54) is 17.3 Å². The molecule has 0 bridgehead atoms. The molecule has 1 aliphatic rings. The molecule has 4 rings (SSSR count). The van der Waals surface area contributed by atoms with Gasteiger partial charge in [-0.3, -0.25) is 4.79 Å². The number of hydrogen-bond donors (Lipinski definition) is 1. The van der Waals surface area contributed by atoms with Crippen molar-refractivity contribution in [3.8, 4) is 5.69 Å². The van der Waals surface area contributed by atoms with E-state index in [4.69, 9.17) is 0 Å². The lowest BCUT2D eigenvalue weighted by Gasteiger charge is -2.18. The normalized spacial score (nSPS) is 19.2. The Labute approximate surface area is 148 Å². The monoisotopic (exact) mass is 332 g/mol. The van der Waals surface area contributed by atoms with Crippen LogP contribution in [0.4, 0.5) is 0 Å². The fourth-order valence-electron chi connectivity index (χ4n) is 3.91. The topological polar surface area (TPSA) is 34.0 Å². The van der Waals surface area contributed by atoms with Crippen LogP contribution >= 0.6 is 0 Å². The quantitative estimate of drug-likeness (QED) is 0.724. The molecule has 0 radical (unpaired) electrons. The Kier molecular flexibility index (Phi) is 3.87. The van der Waals surface area contributed by atoms with E-state index in [-0.39, 0.29) is 5.91 Å². The molecule has 3 aromatic rings. The number of carbonyl (C=O) groups is 1. The zero-order valence-corrected chi connectivity index (χ0v) is 14.8. The molecule has 2 aromatic carbocycles. The average molecular weight is 332 g/mol. The summed E-state index contributed by atoms with van der Waals surface area (Å²) < 4.78 is 2.15. The molecule has 1 aliphatic carbocycles. The minimum atomic E-state index is 0.0339. The Bertz CT molecular complexity index is 905. The molecule has 1 amide bonds. The van der Waals surface area contributed by atoms with E-state index >= 15 is 0 Å². The summed E-state index contributed by atoms with van der Waals surface area (Å²) in [7, 11) is 0. The van der Waals surface area contributed by atoms with Crippen molar-refractivity contribution in [3.63, 3.8) is 0 Å². The van der Waals surface area contributed by atoms with Crippen LogP contribution < -0.4 is 5.32 Å². The van der Waals surface area contributed by atoms with E-state index in [1.54, 1.807) is 0 Å². The first kappa shape index (κ1) is 15.9. The second-order valence-corrected chi connectivity index (χ2v) is 7.87. The maximum atomic E-state index is 12.5. The van der Waals surface area contributed by atoms with E-state index in [0.717, 1.165) is 24.1 Å². The predicted molar refractivity (Wildman–Crippen MR) is 102 cm³/mol. The molecule has 1 aromatic heterocycles. The highest BCUT2D eigenvalue weighted by Crippen LogP contribution is 2.37. The third-order valence-corrected chi connectivity index (χ3v) is 5.31. The molecule has 3 heteroatoms. The number of rotatable bonds is 3. The summed E-state index contributed by atoms with van der Waals surface area (Å²) in [5.74, 6) is 0.0339. The largest absolute Gasteiger partial charge is 0.349 e. The van der Waals surface area contributed by atoms with Gasteiger partial charge < -0.3 is 9.88 Å². The highest BCUT2D eigenvalue weighted by Gasteiger charge is 2.31. The molecule has 1 heterocycles. The number of aromatic nitrogens is 1. The van der Waals surface area contributed by atoms with Crippen LogP contribution in [-0.4, -0.2) is 16.5 Å². The van der Waals surface area contributed by atoms with Gasteiger partial charge in [-0.2, -0.15) is 0 Å². The van der Waals surface area contributed by atoms with Gasteiger partial charge in [0.25, 0.3) is 5.91 Å². The zero-order valence-electron chi connectivity index (χ0n) is 14.8. The van der Waals surface area contributed by atoms with E-state index in [2.05, 4.69) is 48.1 Å². The van der Waals surface area contributed by atoms with Crippen molar-refractivity contribution in [2.45, 2.75) is 39.2 Å². The Morgan fingerprint density at radius 3 is 2.56 bits per heavy atom. The molecule has 1 N–H and O–H groups in total. The molecule has 1 fully saturated rings. The van der Waals surface area contributed by atoms with Crippen molar-refractivity contribution >= 4 is 16.8 Å². The average Bonchev–Trinajstić information content (AvgIpc) is 3.18. The van der Waals surface area contributed by atoms with Crippen LogP contribution in [0.1, 0.15) is 43.5 Å². The van der Waals surface area contributed by atoms with Crippen LogP contribution in [-0.2, 0) is 0 Å². The Morgan fingerprint density at radius 2 is 1.84 bits per heavy atom. The SMILES string of the molecule is CC1(C)CCC(NC(=O)c2ccc(-n3ccc4ccccc43)cc2)C1. The lowest BCUT2D eigenvalue weighted by molar-refractivity contribution is 0.0936. The molecule has 1 atom stereocenters. The van der Waals surface area contributed by atoms with Gasteiger partial charge in [0.15, 0.2) is 0 Å². The summed E-state index contributed by atoms with van der Waals surface area (Å²) in [6, 6.07) is 18.6. The van der Waals surface area contributed by atoms with Gasteiger partial charge in [0, 0.05) is 23.5 Å². The summed E-state index contributed by atoms with van der Waals surface area (Å²) in [6.07, 6.45) is 5.39. The molecular weight excluding hydrogens is 308 g/mol. The van der Waals surface area contributed by atoms with Gasteiger partial charge in [0.2, 0.25) is 0 Å². The van der Waals surface area contributed by atoms with Crippen LogP contribution in [0, 0.1) is 5.41 Å². The van der Waals surface area contributed by atoms with Crippen LogP contribution in [0.2, 0.25) is 0 Å². The number of para-hydroxylation sites is 1. The molecule has 0 spiro atoms. The van der Waals surface area contributed by atoms with Gasteiger partial charge in [0.1, 0.15) is 0 Å². The molecule has 3 nitrogen and oxygen atoms in total. The van der Waals surface area contributed by atoms with Gasteiger partial charge >= 0.3 is 0 Å². The van der Waals surface area contributed by atoms with Crippen molar-refractivity contribution in [2.75, 3.05) is 0 Å². The highest BCUT2D eigenvalue weighted by molar-refractivity contribution is 5.94. The molecule has 25 heavy (non-hydrogen) atoms. The fourth-order valence-corrected chi connectivity index (χ4v) is 3.91. The number of nitrogens with one attached hydrogen (secondary N) is 1. The molecular formula is C22H24N2O. The van der Waals surface area contributed by atoms with Gasteiger partial charge in [-0.25, -0.2) is 0 Å². The van der Waals surface area contributed by atoms with Crippen LogP contribution in [0.3, 0.4) is 0 Å². The van der Waals surface area contributed by atoms with Crippen molar-refractivity contribution in [1.82, 2.24) is 9.88 Å². The maximum Gasteiger partial charge on any atom is 0.251 e. The summed E-state index contributed by atoms with van der Waals surface area (Å²) in [6.45, 7) is 4.55. The second-order valence-electron chi connectivity index (χ2n) is 7.87. The van der Waals surface area contributed by atoms with Crippen molar-refractivity contribution in [1.29, 1.82) is 0 Å². The highest BCUT2D eigenvalue weighted by atomic mass is 16.1. The van der Waals surface area contributed by atoms with Crippen LogP contribution in [0.15, 0.2) is 60.8 Å². The number of fused-ring (bicyclic) bond motifs is 1. The van der Waals surface area contributed by atoms with Crippen molar-refractivity contribution in [3.05, 3.63) is 66.4 Å². The number of carbonyl (C=O) groups excluding carboxylic acids is 1. The Balaban J connectivity index is 1.51.